The fraction of sp³-hybridized carbons (Fsp3) is 0.316. The van der Waals surface area contributed by atoms with Gasteiger partial charge in [0.25, 0.3) is 0 Å². The van der Waals surface area contributed by atoms with E-state index in [1.807, 2.05) is 18.2 Å². The summed E-state index contributed by atoms with van der Waals surface area (Å²) in [5.41, 5.74) is 1.83. The van der Waals surface area contributed by atoms with Crippen LogP contribution in [0, 0.1) is 0 Å². The van der Waals surface area contributed by atoms with Crippen LogP contribution in [0.15, 0.2) is 36.4 Å². The molecular weight excluding hydrogens is 342 g/mol. The van der Waals surface area contributed by atoms with Gasteiger partial charge in [0.15, 0.2) is 11.5 Å². The monoisotopic (exact) mass is 363 g/mol. The average Bonchev–Trinajstić information content (AvgIpc) is 2.62. The number of halogens is 1. The molecule has 0 saturated carbocycles. The van der Waals surface area contributed by atoms with Crippen molar-refractivity contribution in [1.29, 1.82) is 0 Å². The predicted octanol–water partition coefficient (Wildman–Crippen LogP) is 3.27. The van der Waals surface area contributed by atoms with Gasteiger partial charge in [-0.15, -0.1) is 0 Å². The van der Waals surface area contributed by atoms with Crippen molar-refractivity contribution in [3.05, 3.63) is 52.5 Å². The molecule has 0 spiro atoms. The molecule has 2 aromatic rings. The van der Waals surface area contributed by atoms with Crippen molar-refractivity contribution in [2.24, 2.45) is 0 Å². The molecular formula is C19H22ClNO4. The second-order valence-electron chi connectivity index (χ2n) is 5.43. The first-order valence-electron chi connectivity index (χ1n) is 7.87. The maximum absolute atomic E-state index is 12.1. The average molecular weight is 364 g/mol. The van der Waals surface area contributed by atoms with Crippen molar-refractivity contribution >= 4 is 17.5 Å². The summed E-state index contributed by atoms with van der Waals surface area (Å²) in [4.78, 5) is 12.1. The molecule has 2 rings (SSSR count). The number of nitrogens with one attached hydrogen (secondary N) is 1. The standard InChI is InChI=1S/C19H22ClNO4/c1-23-16-11-14(19(25-3)17(12-16)24-2)8-9-21-18(22)10-13-4-6-15(20)7-5-13/h4-7,11-12H,8-10H2,1-3H3,(H,21,22). The Bertz CT molecular complexity index is 716. The lowest BCUT2D eigenvalue weighted by molar-refractivity contribution is -0.120. The van der Waals surface area contributed by atoms with E-state index in [1.54, 1.807) is 39.5 Å². The number of ether oxygens (including phenoxy) is 3. The summed E-state index contributed by atoms with van der Waals surface area (Å²) in [5.74, 6) is 1.89. The van der Waals surface area contributed by atoms with Gasteiger partial charge in [-0.2, -0.15) is 0 Å². The van der Waals surface area contributed by atoms with Gasteiger partial charge in [0, 0.05) is 23.2 Å². The predicted molar refractivity (Wildman–Crippen MR) is 98.0 cm³/mol. The number of benzene rings is 2. The summed E-state index contributed by atoms with van der Waals surface area (Å²) in [6, 6.07) is 10.9. The Labute approximate surface area is 152 Å². The van der Waals surface area contributed by atoms with Gasteiger partial charge in [0.05, 0.1) is 27.8 Å². The maximum atomic E-state index is 12.1. The van der Waals surface area contributed by atoms with Crippen LogP contribution in [0.25, 0.3) is 0 Å². The minimum atomic E-state index is -0.0452. The SMILES string of the molecule is COc1cc(CCNC(=O)Cc2ccc(Cl)cc2)c(OC)c(OC)c1. The summed E-state index contributed by atoms with van der Waals surface area (Å²) < 4.78 is 16.0. The Kier molecular flexibility index (Phi) is 6.95. The van der Waals surface area contributed by atoms with Crippen molar-refractivity contribution in [2.45, 2.75) is 12.8 Å². The molecule has 2 aromatic carbocycles. The molecule has 0 aromatic heterocycles. The van der Waals surface area contributed by atoms with Crippen molar-refractivity contribution in [1.82, 2.24) is 5.32 Å². The van der Waals surface area contributed by atoms with E-state index in [4.69, 9.17) is 25.8 Å². The lowest BCUT2D eigenvalue weighted by Gasteiger charge is -2.15. The van der Waals surface area contributed by atoms with E-state index in [1.165, 1.54) is 0 Å². The van der Waals surface area contributed by atoms with Gasteiger partial charge in [0.1, 0.15) is 5.75 Å². The number of rotatable bonds is 8. The number of hydrogen-bond donors (Lipinski definition) is 1. The lowest BCUT2D eigenvalue weighted by atomic mass is 10.1. The molecule has 0 bridgehead atoms. The normalized spacial score (nSPS) is 10.2. The zero-order valence-electron chi connectivity index (χ0n) is 14.6. The molecule has 134 valence electrons. The second-order valence-corrected chi connectivity index (χ2v) is 5.86. The van der Waals surface area contributed by atoms with Crippen LogP contribution in [0.2, 0.25) is 5.02 Å². The minimum absolute atomic E-state index is 0.0452. The molecule has 0 aliphatic heterocycles. The molecule has 1 amide bonds. The fourth-order valence-electron chi connectivity index (χ4n) is 2.51. The van der Waals surface area contributed by atoms with Gasteiger partial charge in [0.2, 0.25) is 5.91 Å². The molecule has 5 nitrogen and oxygen atoms in total. The van der Waals surface area contributed by atoms with Crippen molar-refractivity contribution in [3.8, 4) is 17.2 Å². The van der Waals surface area contributed by atoms with E-state index in [0.717, 1.165) is 11.1 Å². The Balaban J connectivity index is 1.96. The third kappa shape index (κ3) is 5.29. The van der Waals surface area contributed by atoms with Crippen LogP contribution in [0.1, 0.15) is 11.1 Å². The van der Waals surface area contributed by atoms with Gasteiger partial charge in [-0.3, -0.25) is 4.79 Å². The number of methoxy groups -OCH3 is 3. The molecule has 0 aliphatic rings. The molecule has 0 radical (unpaired) electrons. The van der Waals surface area contributed by atoms with Crippen LogP contribution in [-0.2, 0) is 17.6 Å². The summed E-state index contributed by atoms with van der Waals surface area (Å²) >= 11 is 5.84. The van der Waals surface area contributed by atoms with Crippen LogP contribution in [-0.4, -0.2) is 33.8 Å². The third-order valence-electron chi connectivity index (χ3n) is 3.76. The molecule has 25 heavy (non-hydrogen) atoms. The van der Waals surface area contributed by atoms with E-state index in [-0.39, 0.29) is 5.91 Å². The Morgan fingerprint density at radius 1 is 1.04 bits per heavy atom. The van der Waals surface area contributed by atoms with Gasteiger partial charge < -0.3 is 19.5 Å². The highest BCUT2D eigenvalue weighted by molar-refractivity contribution is 6.30. The third-order valence-corrected chi connectivity index (χ3v) is 4.01. The summed E-state index contributed by atoms with van der Waals surface area (Å²) in [5, 5.41) is 3.57. The van der Waals surface area contributed by atoms with E-state index in [9.17, 15) is 4.79 Å². The van der Waals surface area contributed by atoms with Crippen LogP contribution in [0.4, 0.5) is 0 Å². The van der Waals surface area contributed by atoms with Crippen LogP contribution in [0.5, 0.6) is 17.2 Å². The first-order valence-corrected chi connectivity index (χ1v) is 8.25. The van der Waals surface area contributed by atoms with Gasteiger partial charge >= 0.3 is 0 Å². The minimum Gasteiger partial charge on any atom is -0.497 e. The molecule has 0 aliphatic carbocycles. The molecule has 0 heterocycles. The zero-order chi connectivity index (χ0) is 18.2. The Morgan fingerprint density at radius 3 is 2.36 bits per heavy atom. The van der Waals surface area contributed by atoms with Crippen LogP contribution < -0.4 is 19.5 Å². The highest BCUT2D eigenvalue weighted by atomic mass is 35.5. The topological polar surface area (TPSA) is 56.8 Å². The molecule has 1 N–H and O–H groups in total. The summed E-state index contributed by atoms with van der Waals surface area (Å²) in [6.45, 7) is 0.485. The largest absolute Gasteiger partial charge is 0.497 e. The number of carbonyl (C=O) groups excluding carboxylic acids is 1. The number of amides is 1. The van der Waals surface area contributed by atoms with E-state index >= 15 is 0 Å². The van der Waals surface area contributed by atoms with Crippen molar-refractivity contribution < 1.29 is 19.0 Å². The molecule has 0 fully saturated rings. The summed E-state index contributed by atoms with van der Waals surface area (Å²) in [6.07, 6.45) is 0.916. The maximum Gasteiger partial charge on any atom is 0.224 e. The molecule has 0 unspecified atom stereocenters. The highest BCUT2D eigenvalue weighted by Gasteiger charge is 2.13. The van der Waals surface area contributed by atoms with Crippen LogP contribution >= 0.6 is 11.6 Å². The smallest absolute Gasteiger partial charge is 0.224 e. The Hall–Kier alpha value is -2.40. The first-order chi connectivity index (χ1) is 12.1. The first kappa shape index (κ1) is 18.9. The fourth-order valence-corrected chi connectivity index (χ4v) is 2.63. The Morgan fingerprint density at radius 2 is 1.76 bits per heavy atom. The van der Waals surface area contributed by atoms with Crippen LogP contribution in [0.3, 0.4) is 0 Å². The zero-order valence-corrected chi connectivity index (χ0v) is 15.4. The lowest BCUT2D eigenvalue weighted by Crippen LogP contribution is -2.27. The summed E-state index contributed by atoms with van der Waals surface area (Å²) in [7, 11) is 4.76. The van der Waals surface area contributed by atoms with E-state index < -0.39 is 0 Å². The van der Waals surface area contributed by atoms with Gasteiger partial charge in [-0.1, -0.05) is 23.7 Å². The number of carbonyl (C=O) groups is 1. The van der Waals surface area contributed by atoms with Gasteiger partial charge in [-0.05, 0) is 30.2 Å². The quantitative estimate of drug-likeness (QED) is 0.782. The molecule has 0 atom stereocenters. The van der Waals surface area contributed by atoms with E-state index in [0.29, 0.717) is 41.7 Å². The highest BCUT2D eigenvalue weighted by Crippen LogP contribution is 2.35. The molecule has 6 heteroatoms. The van der Waals surface area contributed by atoms with Crippen molar-refractivity contribution in [2.75, 3.05) is 27.9 Å². The second kappa shape index (κ2) is 9.18. The molecule has 0 saturated heterocycles. The van der Waals surface area contributed by atoms with Gasteiger partial charge in [-0.25, -0.2) is 0 Å². The van der Waals surface area contributed by atoms with E-state index in [2.05, 4.69) is 5.32 Å². The van der Waals surface area contributed by atoms with Crippen molar-refractivity contribution in [3.63, 3.8) is 0 Å². The number of hydrogen-bond acceptors (Lipinski definition) is 4.